The van der Waals surface area contributed by atoms with Crippen molar-refractivity contribution >= 4 is 27.2 Å². The lowest BCUT2D eigenvalue weighted by Crippen LogP contribution is -2.21. The van der Waals surface area contributed by atoms with E-state index in [1.165, 1.54) is 36.5 Å². The third-order valence-corrected chi connectivity index (χ3v) is 6.83. The Bertz CT molecular complexity index is 1440. The Morgan fingerprint density at radius 1 is 0.968 bits per heavy atom. The van der Waals surface area contributed by atoms with Gasteiger partial charge in [-0.2, -0.15) is 0 Å². The molecule has 0 saturated carbocycles. The summed E-state index contributed by atoms with van der Waals surface area (Å²) in [6.45, 7) is 0. The van der Waals surface area contributed by atoms with Crippen LogP contribution >= 0.6 is 0 Å². The number of rotatable bonds is 3. The number of hydrogen-bond acceptors (Lipinski definition) is 6. The maximum atomic E-state index is 13.0. The second kappa shape index (κ2) is 6.99. The number of imidazole rings is 1. The SMILES string of the molecule is O=C(Nc1ccc(-n2ccnc2)nc1)c1ccc2c(c1)S(=O)(=O)c1ccccc1C2=O. The monoisotopic (exact) mass is 430 g/mol. The van der Waals surface area contributed by atoms with Gasteiger partial charge in [0.05, 0.1) is 21.7 Å². The second-order valence-electron chi connectivity index (χ2n) is 6.87. The van der Waals surface area contributed by atoms with Crippen molar-refractivity contribution in [3.63, 3.8) is 0 Å². The standard InChI is InChI=1S/C22H14N4O4S/c27-21-16-3-1-2-4-18(16)31(29,30)19-11-14(5-7-17(19)21)22(28)25-15-6-8-20(24-12-15)26-10-9-23-13-26/h1-13H,(H,25,28). The van der Waals surface area contributed by atoms with Crippen molar-refractivity contribution in [2.24, 2.45) is 0 Å². The summed E-state index contributed by atoms with van der Waals surface area (Å²) in [6, 6.07) is 13.5. The van der Waals surface area contributed by atoms with Crippen molar-refractivity contribution in [3.8, 4) is 5.82 Å². The fraction of sp³-hybridized carbons (Fsp3) is 0. The molecule has 0 fully saturated rings. The zero-order chi connectivity index (χ0) is 21.6. The maximum Gasteiger partial charge on any atom is 0.255 e. The average molecular weight is 430 g/mol. The van der Waals surface area contributed by atoms with E-state index in [0.29, 0.717) is 11.5 Å². The first-order valence-electron chi connectivity index (χ1n) is 9.24. The van der Waals surface area contributed by atoms with Gasteiger partial charge in [-0.15, -0.1) is 0 Å². The quantitative estimate of drug-likeness (QED) is 0.471. The zero-order valence-electron chi connectivity index (χ0n) is 15.9. The molecule has 4 aromatic rings. The van der Waals surface area contributed by atoms with Crippen LogP contribution in [0.5, 0.6) is 0 Å². The van der Waals surface area contributed by atoms with Crippen molar-refractivity contribution in [1.82, 2.24) is 14.5 Å². The van der Waals surface area contributed by atoms with E-state index >= 15 is 0 Å². The number of nitrogens with one attached hydrogen (secondary N) is 1. The highest BCUT2D eigenvalue weighted by Crippen LogP contribution is 2.34. The van der Waals surface area contributed by atoms with Crippen LogP contribution in [0.3, 0.4) is 0 Å². The Labute approximate surface area is 177 Å². The molecule has 0 atom stereocenters. The van der Waals surface area contributed by atoms with E-state index in [1.54, 1.807) is 47.6 Å². The predicted octanol–water partition coefficient (Wildman–Crippen LogP) is 2.90. The van der Waals surface area contributed by atoms with Gasteiger partial charge in [0.1, 0.15) is 12.1 Å². The van der Waals surface area contributed by atoms with Crippen LogP contribution < -0.4 is 5.32 Å². The fourth-order valence-electron chi connectivity index (χ4n) is 3.44. The summed E-state index contributed by atoms with van der Waals surface area (Å²) < 4.78 is 27.8. The summed E-state index contributed by atoms with van der Waals surface area (Å²) in [7, 11) is -3.92. The van der Waals surface area contributed by atoms with Crippen molar-refractivity contribution in [1.29, 1.82) is 0 Å². The molecule has 0 saturated heterocycles. The van der Waals surface area contributed by atoms with Crippen LogP contribution in [-0.2, 0) is 9.84 Å². The molecule has 9 heteroatoms. The highest BCUT2D eigenvalue weighted by Gasteiger charge is 2.35. The van der Waals surface area contributed by atoms with Crippen molar-refractivity contribution in [2.45, 2.75) is 9.79 Å². The Morgan fingerprint density at radius 2 is 1.77 bits per heavy atom. The van der Waals surface area contributed by atoms with E-state index < -0.39 is 15.7 Å². The van der Waals surface area contributed by atoms with Gasteiger partial charge in [-0.3, -0.25) is 14.2 Å². The van der Waals surface area contributed by atoms with Crippen LogP contribution in [0, 0.1) is 0 Å². The first kappa shape index (κ1) is 18.9. The van der Waals surface area contributed by atoms with E-state index in [2.05, 4.69) is 15.3 Å². The molecule has 2 aromatic carbocycles. The van der Waals surface area contributed by atoms with Gasteiger partial charge in [-0.1, -0.05) is 12.1 Å². The van der Waals surface area contributed by atoms with Gasteiger partial charge in [-0.05, 0) is 42.5 Å². The van der Waals surface area contributed by atoms with E-state index in [0.717, 1.165) is 0 Å². The molecule has 1 aliphatic rings. The van der Waals surface area contributed by atoms with E-state index in [9.17, 15) is 18.0 Å². The Balaban J connectivity index is 1.45. The van der Waals surface area contributed by atoms with Crippen LogP contribution in [0.1, 0.15) is 26.3 Å². The summed E-state index contributed by atoms with van der Waals surface area (Å²) in [4.78, 5) is 33.4. The topological polar surface area (TPSA) is 111 Å². The number of pyridine rings is 1. The number of carbonyl (C=O) groups excluding carboxylic acids is 2. The summed E-state index contributed by atoms with van der Waals surface area (Å²) in [5, 5.41) is 2.69. The van der Waals surface area contributed by atoms with E-state index in [1.807, 2.05) is 0 Å². The molecule has 0 bridgehead atoms. The van der Waals surface area contributed by atoms with Crippen LogP contribution in [0.15, 0.2) is 89.3 Å². The van der Waals surface area contributed by atoms with Gasteiger partial charge in [0.15, 0.2) is 5.78 Å². The van der Waals surface area contributed by atoms with Crippen LogP contribution in [0.4, 0.5) is 5.69 Å². The van der Waals surface area contributed by atoms with Crippen LogP contribution in [0.2, 0.25) is 0 Å². The first-order valence-corrected chi connectivity index (χ1v) is 10.7. The molecule has 1 N–H and O–H groups in total. The Morgan fingerprint density at radius 3 is 2.52 bits per heavy atom. The van der Waals surface area contributed by atoms with Crippen molar-refractivity contribution < 1.29 is 18.0 Å². The van der Waals surface area contributed by atoms with Gasteiger partial charge in [0.25, 0.3) is 5.91 Å². The Hall–Kier alpha value is -4.11. The summed E-state index contributed by atoms with van der Waals surface area (Å²) >= 11 is 0. The van der Waals surface area contributed by atoms with Gasteiger partial charge in [0.2, 0.25) is 9.84 Å². The van der Waals surface area contributed by atoms with Gasteiger partial charge < -0.3 is 5.32 Å². The van der Waals surface area contributed by atoms with Crippen LogP contribution in [0.25, 0.3) is 5.82 Å². The summed E-state index contributed by atoms with van der Waals surface area (Å²) in [5.74, 6) is -0.263. The van der Waals surface area contributed by atoms with Gasteiger partial charge in [0, 0.05) is 29.1 Å². The number of nitrogens with zero attached hydrogens (tertiary/aromatic N) is 3. The molecule has 1 amide bonds. The zero-order valence-corrected chi connectivity index (χ0v) is 16.7. The maximum absolute atomic E-state index is 13.0. The molecule has 31 heavy (non-hydrogen) atoms. The molecule has 5 rings (SSSR count). The lowest BCUT2D eigenvalue weighted by molar-refractivity contribution is 0.101. The number of fused-ring (bicyclic) bond motifs is 2. The third-order valence-electron chi connectivity index (χ3n) is 4.97. The fourth-order valence-corrected chi connectivity index (χ4v) is 5.11. The number of hydrogen-bond donors (Lipinski definition) is 1. The number of anilines is 1. The lowest BCUT2D eigenvalue weighted by atomic mass is 10.0. The first-order chi connectivity index (χ1) is 14.9. The molecular weight excluding hydrogens is 416 g/mol. The number of carbonyl (C=O) groups is 2. The summed E-state index contributed by atoms with van der Waals surface area (Å²) in [5.41, 5.74) is 0.752. The number of benzene rings is 2. The number of sulfone groups is 1. The number of ketones is 1. The number of amides is 1. The largest absolute Gasteiger partial charge is 0.321 e. The minimum Gasteiger partial charge on any atom is -0.321 e. The summed E-state index contributed by atoms with van der Waals surface area (Å²) in [6.07, 6.45) is 6.47. The van der Waals surface area contributed by atoms with Crippen molar-refractivity contribution in [3.05, 3.63) is 96.2 Å². The molecule has 2 aromatic heterocycles. The average Bonchev–Trinajstić information content (AvgIpc) is 3.33. The molecule has 8 nitrogen and oxygen atoms in total. The van der Waals surface area contributed by atoms with Crippen LogP contribution in [-0.4, -0.2) is 34.6 Å². The molecule has 0 unspecified atom stereocenters. The Kier molecular flexibility index (Phi) is 4.26. The van der Waals surface area contributed by atoms with E-state index in [4.69, 9.17) is 0 Å². The smallest absolute Gasteiger partial charge is 0.255 e. The molecule has 3 heterocycles. The second-order valence-corrected chi connectivity index (χ2v) is 8.76. The molecule has 0 spiro atoms. The normalized spacial score (nSPS) is 13.9. The lowest BCUT2D eigenvalue weighted by Gasteiger charge is -2.19. The molecular formula is C22H14N4O4S. The highest BCUT2D eigenvalue weighted by atomic mass is 32.2. The van der Waals surface area contributed by atoms with Gasteiger partial charge in [-0.25, -0.2) is 18.4 Å². The highest BCUT2D eigenvalue weighted by molar-refractivity contribution is 7.91. The molecule has 0 radical (unpaired) electrons. The minimum absolute atomic E-state index is 0.0515. The third kappa shape index (κ3) is 3.11. The molecule has 1 aliphatic heterocycles. The minimum atomic E-state index is -3.92. The van der Waals surface area contributed by atoms with Gasteiger partial charge >= 0.3 is 0 Å². The number of aromatic nitrogens is 3. The van der Waals surface area contributed by atoms with E-state index in [-0.39, 0.29) is 32.3 Å². The molecule has 0 aliphatic carbocycles. The van der Waals surface area contributed by atoms with Crippen molar-refractivity contribution in [2.75, 3.05) is 5.32 Å². The predicted molar refractivity (Wildman–Crippen MR) is 111 cm³/mol. The molecule has 152 valence electrons.